The van der Waals surface area contributed by atoms with E-state index in [1.165, 1.54) is 10.6 Å². The van der Waals surface area contributed by atoms with Crippen molar-refractivity contribution in [3.8, 4) is 5.75 Å². The average Bonchev–Trinajstić information content (AvgIpc) is 3.04. The first-order valence-electron chi connectivity index (χ1n) is 10.3. The summed E-state index contributed by atoms with van der Waals surface area (Å²) in [7, 11) is 1.61. The van der Waals surface area contributed by atoms with E-state index in [2.05, 4.69) is 21.9 Å². The Morgan fingerprint density at radius 1 is 0.800 bits per heavy atom. The molecule has 4 rings (SSSR count). The van der Waals surface area contributed by atoms with E-state index in [0.29, 0.717) is 24.4 Å². The molecule has 1 saturated heterocycles. The molecule has 2 aromatic carbocycles. The standard InChI is InChI=1S/C24H27N3O3/c1-17(2)27-23(28)21(18-9-11-20(30-3)12-10-18)22(24(27)29)26-15-13-25(14-16-26)19-7-5-4-6-8-19/h4-12,17H,13-16H2,1-3H3. The van der Waals surface area contributed by atoms with Gasteiger partial charge in [0.2, 0.25) is 0 Å². The highest BCUT2D eigenvalue weighted by Crippen LogP contribution is 2.34. The van der Waals surface area contributed by atoms with Crippen LogP contribution in [0.4, 0.5) is 5.69 Å². The molecule has 30 heavy (non-hydrogen) atoms. The first kappa shape index (κ1) is 20.0. The molecule has 0 radical (unpaired) electrons. The van der Waals surface area contributed by atoms with Gasteiger partial charge in [-0.15, -0.1) is 0 Å². The lowest BCUT2D eigenvalue weighted by atomic mass is 10.0. The van der Waals surface area contributed by atoms with Gasteiger partial charge in [-0.3, -0.25) is 14.5 Å². The van der Waals surface area contributed by atoms with Gasteiger partial charge in [0.05, 0.1) is 12.7 Å². The highest BCUT2D eigenvalue weighted by atomic mass is 16.5. The normalized spacial score (nSPS) is 17.4. The molecule has 0 unspecified atom stereocenters. The van der Waals surface area contributed by atoms with Crippen LogP contribution in [-0.2, 0) is 9.59 Å². The van der Waals surface area contributed by atoms with Crippen LogP contribution in [0.25, 0.3) is 5.57 Å². The minimum atomic E-state index is -0.222. The molecule has 6 heteroatoms. The summed E-state index contributed by atoms with van der Waals surface area (Å²) in [4.78, 5) is 32.3. The second-order valence-electron chi connectivity index (χ2n) is 7.84. The Bertz CT molecular complexity index is 959. The predicted molar refractivity (Wildman–Crippen MR) is 117 cm³/mol. The highest BCUT2D eigenvalue weighted by molar-refractivity contribution is 6.35. The molecule has 1 fully saturated rings. The van der Waals surface area contributed by atoms with Crippen molar-refractivity contribution in [2.75, 3.05) is 38.2 Å². The molecule has 0 aliphatic carbocycles. The Morgan fingerprint density at radius 3 is 1.97 bits per heavy atom. The zero-order valence-corrected chi connectivity index (χ0v) is 17.7. The summed E-state index contributed by atoms with van der Waals surface area (Å²) in [6.45, 7) is 6.72. The van der Waals surface area contributed by atoms with E-state index in [4.69, 9.17) is 4.74 Å². The second-order valence-corrected chi connectivity index (χ2v) is 7.84. The number of imide groups is 1. The number of rotatable bonds is 5. The number of ether oxygens (including phenoxy) is 1. The highest BCUT2D eigenvalue weighted by Gasteiger charge is 2.43. The van der Waals surface area contributed by atoms with Crippen LogP contribution >= 0.6 is 0 Å². The molecular weight excluding hydrogens is 378 g/mol. The van der Waals surface area contributed by atoms with Gasteiger partial charge in [-0.1, -0.05) is 30.3 Å². The van der Waals surface area contributed by atoms with Gasteiger partial charge >= 0.3 is 0 Å². The number of amides is 2. The number of para-hydroxylation sites is 1. The number of carbonyl (C=O) groups is 2. The minimum Gasteiger partial charge on any atom is -0.497 e. The maximum atomic E-state index is 13.3. The van der Waals surface area contributed by atoms with E-state index < -0.39 is 0 Å². The van der Waals surface area contributed by atoms with Crippen LogP contribution in [-0.4, -0.2) is 60.9 Å². The SMILES string of the molecule is COc1ccc(C2=C(N3CCN(c4ccccc4)CC3)C(=O)N(C(C)C)C2=O)cc1. The van der Waals surface area contributed by atoms with E-state index in [1.54, 1.807) is 7.11 Å². The predicted octanol–water partition coefficient (Wildman–Crippen LogP) is 3.01. The van der Waals surface area contributed by atoms with Gasteiger partial charge in [-0.05, 0) is 43.7 Å². The third kappa shape index (κ3) is 3.54. The molecule has 0 saturated carbocycles. The number of anilines is 1. The van der Waals surface area contributed by atoms with Gasteiger partial charge in [0.15, 0.2) is 0 Å². The summed E-state index contributed by atoms with van der Waals surface area (Å²) in [5.41, 5.74) is 2.94. The van der Waals surface area contributed by atoms with E-state index >= 15 is 0 Å². The van der Waals surface area contributed by atoms with Gasteiger partial charge in [-0.2, -0.15) is 0 Å². The third-order valence-corrected chi connectivity index (χ3v) is 5.70. The van der Waals surface area contributed by atoms with Crippen LogP contribution in [0.2, 0.25) is 0 Å². The number of piperazine rings is 1. The molecule has 6 nitrogen and oxygen atoms in total. The van der Waals surface area contributed by atoms with Gasteiger partial charge in [-0.25, -0.2) is 0 Å². The summed E-state index contributed by atoms with van der Waals surface area (Å²) >= 11 is 0. The van der Waals surface area contributed by atoms with Crippen LogP contribution in [0.3, 0.4) is 0 Å². The minimum absolute atomic E-state index is 0.193. The number of nitrogens with zero attached hydrogens (tertiary/aromatic N) is 3. The monoisotopic (exact) mass is 405 g/mol. The van der Waals surface area contributed by atoms with E-state index in [9.17, 15) is 9.59 Å². The third-order valence-electron chi connectivity index (χ3n) is 5.70. The summed E-state index contributed by atoms with van der Waals surface area (Å²) < 4.78 is 5.24. The van der Waals surface area contributed by atoms with Crippen molar-refractivity contribution in [1.82, 2.24) is 9.80 Å². The number of hydrogen-bond donors (Lipinski definition) is 0. The van der Waals surface area contributed by atoms with Crippen LogP contribution < -0.4 is 9.64 Å². The Morgan fingerprint density at radius 2 is 1.40 bits per heavy atom. The lowest BCUT2D eigenvalue weighted by Crippen LogP contribution is -2.48. The first-order valence-corrected chi connectivity index (χ1v) is 10.3. The quantitative estimate of drug-likeness (QED) is 0.716. The lowest BCUT2D eigenvalue weighted by molar-refractivity contribution is -0.139. The second kappa shape index (κ2) is 8.22. The van der Waals surface area contributed by atoms with Gasteiger partial charge < -0.3 is 14.5 Å². The maximum absolute atomic E-state index is 13.3. The zero-order valence-electron chi connectivity index (χ0n) is 17.7. The molecule has 2 aliphatic rings. The number of methoxy groups -OCH3 is 1. The zero-order chi connectivity index (χ0) is 21.3. The van der Waals surface area contributed by atoms with E-state index in [1.807, 2.05) is 56.3 Å². The van der Waals surface area contributed by atoms with Crippen LogP contribution in [0.1, 0.15) is 19.4 Å². The van der Waals surface area contributed by atoms with E-state index in [-0.39, 0.29) is 17.9 Å². The number of hydrogen-bond acceptors (Lipinski definition) is 5. The molecule has 0 aromatic heterocycles. The fourth-order valence-corrected chi connectivity index (χ4v) is 4.14. The Kier molecular flexibility index (Phi) is 5.48. The maximum Gasteiger partial charge on any atom is 0.278 e. The fourth-order valence-electron chi connectivity index (χ4n) is 4.14. The van der Waals surface area contributed by atoms with E-state index in [0.717, 1.165) is 24.4 Å². The molecule has 2 aliphatic heterocycles. The van der Waals surface area contributed by atoms with Crippen molar-refractivity contribution in [3.05, 3.63) is 65.9 Å². The van der Waals surface area contributed by atoms with Crippen molar-refractivity contribution in [2.45, 2.75) is 19.9 Å². The lowest BCUT2D eigenvalue weighted by Gasteiger charge is -2.37. The van der Waals surface area contributed by atoms with Crippen LogP contribution in [0, 0.1) is 0 Å². The molecule has 2 heterocycles. The van der Waals surface area contributed by atoms with Crippen LogP contribution in [0.5, 0.6) is 5.75 Å². The van der Waals surface area contributed by atoms with Gasteiger partial charge in [0, 0.05) is 37.9 Å². The molecule has 0 spiro atoms. The summed E-state index contributed by atoms with van der Waals surface area (Å²) in [5, 5.41) is 0. The van der Waals surface area contributed by atoms with Crippen molar-refractivity contribution in [2.24, 2.45) is 0 Å². The first-order chi connectivity index (χ1) is 14.5. The molecule has 0 N–H and O–H groups in total. The molecule has 0 atom stereocenters. The Labute approximate surface area is 177 Å². The molecule has 2 aromatic rings. The van der Waals surface area contributed by atoms with Gasteiger partial charge in [0.25, 0.3) is 11.8 Å². The smallest absolute Gasteiger partial charge is 0.278 e. The molecule has 0 bridgehead atoms. The Balaban J connectivity index is 1.65. The fraction of sp³-hybridized carbons (Fsp3) is 0.333. The largest absolute Gasteiger partial charge is 0.497 e. The van der Waals surface area contributed by atoms with Crippen molar-refractivity contribution in [1.29, 1.82) is 0 Å². The van der Waals surface area contributed by atoms with Crippen molar-refractivity contribution in [3.63, 3.8) is 0 Å². The molecular formula is C24H27N3O3. The van der Waals surface area contributed by atoms with Crippen LogP contribution in [0.15, 0.2) is 60.3 Å². The summed E-state index contributed by atoms with van der Waals surface area (Å²) in [5.74, 6) is 0.296. The summed E-state index contributed by atoms with van der Waals surface area (Å²) in [6, 6.07) is 17.4. The van der Waals surface area contributed by atoms with Crippen molar-refractivity contribution >= 4 is 23.1 Å². The summed E-state index contributed by atoms with van der Waals surface area (Å²) in [6.07, 6.45) is 0. The average molecular weight is 405 g/mol. The number of carbonyl (C=O) groups excluding carboxylic acids is 2. The molecule has 156 valence electrons. The van der Waals surface area contributed by atoms with Crippen molar-refractivity contribution < 1.29 is 14.3 Å². The Hall–Kier alpha value is -3.28. The topological polar surface area (TPSA) is 53.1 Å². The molecule has 2 amide bonds. The van der Waals surface area contributed by atoms with Gasteiger partial charge in [0.1, 0.15) is 11.4 Å². The number of benzene rings is 2.